The largest absolute Gasteiger partial charge is 0.418 e. The molecule has 1 aromatic rings. The zero-order valence-electron chi connectivity index (χ0n) is 13.7. The minimum Gasteiger partial charge on any atom is -0.398 e. The number of carbonyl (C=O) groups excluding carboxylic acids is 2. The summed E-state index contributed by atoms with van der Waals surface area (Å²) in [6, 6.07) is 1.87. The molecule has 130 valence electrons. The molecule has 0 spiro atoms. The number of hydrogen-bond acceptors (Lipinski definition) is 4. The Balaban J connectivity index is 2.47. The maximum Gasteiger partial charge on any atom is 0.418 e. The second-order valence-electron chi connectivity index (χ2n) is 6.17. The quantitative estimate of drug-likeness (QED) is 0.294. The van der Waals surface area contributed by atoms with Crippen LogP contribution in [0.2, 0.25) is 0 Å². The first-order chi connectivity index (χ1) is 11.0. The van der Waals surface area contributed by atoms with E-state index in [1.165, 1.54) is 13.1 Å². The standard InChI is InChI=1S/C17H19F3N2O2/c1-9-11(6-7-13(14(9)21)17(18,19)20)16(24)12(8-22(2)3)15(23)10-4-5-10/h6-8,10H,4-5,21H2,1-3H3/b12-8+. The molecule has 0 unspecified atom stereocenters. The average Bonchev–Trinajstić information content (AvgIpc) is 3.29. The van der Waals surface area contributed by atoms with Crippen molar-refractivity contribution in [1.29, 1.82) is 0 Å². The van der Waals surface area contributed by atoms with Crippen LogP contribution in [-0.2, 0) is 11.0 Å². The van der Waals surface area contributed by atoms with Gasteiger partial charge in [0.05, 0.1) is 11.1 Å². The van der Waals surface area contributed by atoms with Crippen LogP contribution in [0.15, 0.2) is 23.9 Å². The summed E-state index contributed by atoms with van der Waals surface area (Å²) in [5.41, 5.74) is 4.12. The fraction of sp³-hybridized carbons (Fsp3) is 0.412. The third kappa shape index (κ3) is 3.60. The van der Waals surface area contributed by atoms with Crippen molar-refractivity contribution in [2.75, 3.05) is 19.8 Å². The summed E-state index contributed by atoms with van der Waals surface area (Å²) in [5.74, 6) is -1.04. The third-order valence-electron chi connectivity index (χ3n) is 3.91. The van der Waals surface area contributed by atoms with E-state index in [2.05, 4.69) is 0 Å². The minimum absolute atomic E-state index is 0.0163. The molecular weight excluding hydrogens is 321 g/mol. The average molecular weight is 340 g/mol. The smallest absolute Gasteiger partial charge is 0.398 e. The Labute approximate surface area is 138 Å². The lowest BCUT2D eigenvalue weighted by atomic mass is 9.92. The van der Waals surface area contributed by atoms with Crippen molar-refractivity contribution in [1.82, 2.24) is 4.90 Å². The maximum atomic E-state index is 12.9. The summed E-state index contributed by atoms with van der Waals surface area (Å²) in [4.78, 5) is 26.7. The third-order valence-corrected chi connectivity index (χ3v) is 3.91. The molecule has 1 saturated carbocycles. The molecule has 2 rings (SSSR count). The van der Waals surface area contributed by atoms with Gasteiger partial charge in [-0.05, 0) is 31.4 Å². The highest BCUT2D eigenvalue weighted by Gasteiger charge is 2.37. The molecule has 1 aliphatic carbocycles. The van der Waals surface area contributed by atoms with E-state index >= 15 is 0 Å². The summed E-state index contributed by atoms with van der Waals surface area (Å²) in [6.07, 6.45) is -1.73. The molecule has 1 fully saturated rings. The van der Waals surface area contributed by atoms with E-state index in [4.69, 9.17) is 5.73 Å². The second-order valence-corrected chi connectivity index (χ2v) is 6.17. The van der Waals surface area contributed by atoms with Gasteiger partial charge in [-0.2, -0.15) is 13.2 Å². The molecule has 2 N–H and O–H groups in total. The van der Waals surface area contributed by atoms with Crippen molar-refractivity contribution in [2.45, 2.75) is 25.9 Å². The Kier molecular flexibility index (Phi) is 4.73. The molecule has 7 heteroatoms. The van der Waals surface area contributed by atoms with E-state index in [9.17, 15) is 22.8 Å². The molecule has 4 nitrogen and oxygen atoms in total. The molecule has 0 heterocycles. The number of Topliss-reactive ketones (excluding diaryl/α,β-unsaturated/α-hetero) is 2. The van der Waals surface area contributed by atoms with Gasteiger partial charge in [0.15, 0.2) is 11.6 Å². The number of allylic oxidation sites excluding steroid dienone is 1. The zero-order chi connectivity index (χ0) is 18.2. The number of rotatable bonds is 5. The fourth-order valence-corrected chi connectivity index (χ4v) is 2.42. The number of benzene rings is 1. The zero-order valence-corrected chi connectivity index (χ0v) is 13.7. The minimum atomic E-state index is -4.59. The van der Waals surface area contributed by atoms with E-state index in [0.29, 0.717) is 0 Å². The van der Waals surface area contributed by atoms with Gasteiger partial charge in [-0.15, -0.1) is 0 Å². The van der Waals surface area contributed by atoms with E-state index in [1.807, 2.05) is 0 Å². The van der Waals surface area contributed by atoms with Crippen molar-refractivity contribution >= 4 is 17.3 Å². The number of anilines is 1. The number of nitrogens with two attached hydrogens (primary N) is 1. The molecule has 0 bridgehead atoms. The topological polar surface area (TPSA) is 63.4 Å². The van der Waals surface area contributed by atoms with Crippen molar-refractivity contribution in [3.63, 3.8) is 0 Å². The number of carbonyl (C=O) groups is 2. The molecule has 1 aliphatic rings. The number of ketones is 2. The van der Waals surface area contributed by atoms with E-state index in [0.717, 1.165) is 25.0 Å². The summed E-state index contributed by atoms with van der Waals surface area (Å²) >= 11 is 0. The Morgan fingerprint density at radius 2 is 1.83 bits per heavy atom. The molecule has 24 heavy (non-hydrogen) atoms. The number of alkyl halides is 3. The molecule has 0 aliphatic heterocycles. The first kappa shape index (κ1) is 18.0. The summed E-state index contributed by atoms with van der Waals surface area (Å²) in [5, 5.41) is 0. The van der Waals surface area contributed by atoms with Crippen LogP contribution in [0.3, 0.4) is 0 Å². The highest BCUT2D eigenvalue weighted by molar-refractivity contribution is 6.27. The Bertz CT molecular complexity index is 717. The van der Waals surface area contributed by atoms with E-state index < -0.39 is 23.2 Å². The van der Waals surface area contributed by atoms with Gasteiger partial charge in [-0.1, -0.05) is 6.07 Å². The molecule has 0 amide bonds. The Morgan fingerprint density at radius 1 is 1.25 bits per heavy atom. The monoisotopic (exact) mass is 340 g/mol. The van der Waals surface area contributed by atoms with Crippen LogP contribution >= 0.6 is 0 Å². The lowest BCUT2D eigenvalue weighted by molar-refractivity contribution is -0.137. The highest BCUT2D eigenvalue weighted by atomic mass is 19.4. The van der Waals surface area contributed by atoms with Gasteiger partial charge in [0.2, 0.25) is 0 Å². The van der Waals surface area contributed by atoms with Crippen LogP contribution < -0.4 is 5.73 Å². The molecule has 0 radical (unpaired) electrons. The second kappa shape index (κ2) is 6.30. The van der Waals surface area contributed by atoms with Crippen molar-refractivity contribution in [3.05, 3.63) is 40.6 Å². The van der Waals surface area contributed by atoms with Gasteiger partial charge in [-0.25, -0.2) is 0 Å². The Hall–Kier alpha value is -2.31. The maximum absolute atomic E-state index is 12.9. The van der Waals surface area contributed by atoms with Gasteiger partial charge >= 0.3 is 6.18 Å². The SMILES string of the molecule is Cc1c(C(=O)/C(=C/N(C)C)C(=O)C2CC2)ccc(C(F)(F)F)c1N. The van der Waals surface area contributed by atoms with E-state index in [1.54, 1.807) is 19.0 Å². The molecular formula is C17H19F3N2O2. The predicted molar refractivity (Wildman–Crippen MR) is 84.4 cm³/mol. The van der Waals surface area contributed by atoms with Crippen LogP contribution in [0.4, 0.5) is 18.9 Å². The van der Waals surface area contributed by atoms with Crippen molar-refractivity contribution in [2.24, 2.45) is 5.92 Å². The van der Waals surface area contributed by atoms with Crippen LogP contribution in [0.1, 0.15) is 34.3 Å². The van der Waals surface area contributed by atoms with Gasteiger partial charge in [0.1, 0.15) is 0 Å². The molecule has 0 aromatic heterocycles. The number of hydrogen-bond donors (Lipinski definition) is 1. The lowest BCUT2D eigenvalue weighted by Crippen LogP contribution is -2.20. The summed E-state index contributed by atoms with van der Waals surface area (Å²) in [6.45, 7) is 1.35. The van der Waals surface area contributed by atoms with Crippen LogP contribution in [-0.4, -0.2) is 30.6 Å². The van der Waals surface area contributed by atoms with Gasteiger partial charge in [-0.3, -0.25) is 9.59 Å². The number of halogens is 3. The van der Waals surface area contributed by atoms with Gasteiger partial charge < -0.3 is 10.6 Å². The first-order valence-electron chi connectivity index (χ1n) is 7.47. The number of nitrogen functional groups attached to an aromatic ring is 1. The normalized spacial score (nSPS) is 15.3. The summed E-state index contributed by atoms with van der Waals surface area (Å²) < 4.78 is 38.7. The number of nitrogens with zero attached hydrogens (tertiary/aromatic N) is 1. The van der Waals surface area contributed by atoms with Crippen LogP contribution in [0.5, 0.6) is 0 Å². The highest BCUT2D eigenvalue weighted by Crippen LogP contribution is 2.37. The predicted octanol–water partition coefficient (Wildman–Crippen LogP) is 3.20. The van der Waals surface area contributed by atoms with Crippen molar-refractivity contribution < 1.29 is 22.8 Å². The van der Waals surface area contributed by atoms with Crippen molar-refractivity contribution in [3.8, 4) is 0 Å². The van der Waals surface area contributed by atoms with Gasteiger partial charge in [0.25, 0.3) is 0 Å². The molecule has 0 atom stereocenters. The first-order valence-corrected chi connectivity index (χ1v) is 7.47. The van der Waals surface area contributed by atoms with Crippen LogP contribution in [0.25, 0.3) is 0 Å². The van der Waals surface area contributed by atoms with Crippen LogP contribution in [0, 0.1) is 12.8 Å². The molecule has 0 saturated heterocycles. The summed E-state index contributed by atoms with van der Waals surface area (Å²) in [7, 11) is 3.34. The molecule has 1 aromatic carbocycles. The lowest BCUT2D eigenvalue weighted by Gasteiger charge is -2.16. The fourth-order valence-electron chi connectivity index (χ4n) is 2.42. The Morgan fingerprint density at radius 3 is 2.29 bits per heavy atom. The van der Waals surface area contributed by atoms with Gasteiger partial charge in [0, 0.05) is 37.5 Å². The van der Waals surface area contributed by atoms with E-state index in [-0.39, 0.29) is 28.4 Å².